The number of amides is 1. The molecular weight excluding hydrogens is 399 g/mol. The number of aryl methyl sites for hydroxylation is 1. The van der Waals surface area contributed by atoms with Crippen LogP contribution in [0.15, 0.2) is 33.7 Å². The Labute approximate surface area is 160 Å². The zero-order valence-electron chi connectivity index (χ0n) is 14.5. The molecule has 11 heteroatoms. The van der Waals surface area contributed by atoms with Crippen LogP contribution in [0.25, 0.3) is 0 Å². The van der Waals surface area contributed by atoms with E-state index < -0.39 is 15.8 Å². The quantitative estimate of drug-likeness (QED) is 0.729. The first-order valence-corrected chi connectivity index (χ1v) is 10.1. The van der Waals surface area contributed by atoms with Gasteiger partial charge in [0, 0.05) is 6.07 Å². The summed E-state index contributed by atoms with van der Waals surface area (Å²) in [4.78, 5) is 13.0. The number of halogens is 2. The highest BCUT2D eigenvalue weighted by Gasteiger charge is 2.31. The predicted octanol–water partition coefficient (Wildman–Crippen LogP) is 0.303. The minimum Gasteiger partial charge on any atom is -0.360 e. The van der Waals surface area contributed by atoms with E-state index in [1.54, 1.807) is 13.0 Å². The Morgan fingerprint density at radius 2 is 2.07 bits per heavy atom. The minimum atomic E-state index is -3.75. The minimum absolute atomic E-state index is 0.0449. The fraction of sp³-hybridized carbons (Fsp3) is 0.375. The number of aromatic nitrogens is 1. The molecule has 2 heterocycles. The van der Waals surface area contributed by atoms with Crippen LogP contribution in [0.3, 0.4) is 0 Å². The molecule has 0 radical (unpaired) electrons. The van der Waals surface area contributed by atoms with Crippen molar-refractivity contribution in [2.24, 2.45) is 0 Å². The number of carbonyl (C=O) groups excluding carboxylic acids is 1. The van der Waals surface area contributed by atoms with Crippen LogP contribution in [-0.4, -0.2) is 56.5 Å². The molecule has 1 aliphatic heterocycles. The summed E-state index contributed by atoms with van der Waals surface area (Å²) in [6.45, 7) is 3.37. The van der Waals surface area contributed by atoms with E-state index in [4.69, 9.17) is 16.1 Å². The summed E-state index contributed by atoms with van der Waals surface area (Å²) >= 11 is 5.69. The number of quaternary nitrogens is 1. The van der Waals surface area contributed by atoms with Gasteiger partial charge in [-0.25, -0.2) is 12.8 Å². The van der Waals surface area contributed by atoms with E-state index >= 15 is 0 Å². The zero-order valence-corrected chi connectivity index (χ0v) is 16.1. The van der Waals surface area contributed by atoms with E-state index in [1.165, 1.54) is 10.4 Å². The van der Waals surface area contributed by atoms with Crippen LogP contribution in [0.5, 0.6) is 0 Å². The number of piperazine rings is 1. The van der Waals surface area contributed by atoms with Crippen molar-refractivity contribution in [3.05, 3.63) is 40.9 Å². The molecule has 0 bridgehead atoms. The summed E-state index contributed by atoms with van der Waals surface area (Å²) in [6, 6.07) is 4.96. The zero-order chi connectivity index (χ0) is 19.6. The van der Waals surface area contributed by atoms with Gasteiger partial charge in [0.2, 0.25) is 10.0 Å². The van der Waals surface area contributed by atoms with Gasteiger partial charge in [-0.3, -0.25) is 4.79 Å². The van der Waals surface area contributed by atoms with Crippen LogP contribution in [0, 0.1) is 12.7 Å². The molecule has 1 fully saturated rings. The van der Waals surface area contributed by atoms with E-state index in [0.717, 1.165) is 17.0 Å². The highest BCUT2D eigenvalue weighted by molar-refractivity contribution is 7.89. The lowest BCUT2D eigenvalue weighted by Crippen LogP contribution is -3.15. The molecule has 1 saturated heterocycles. The van der Waals surface area contributed by atoms with Gasteiger partial charge in [0.05, 0.1) is 36.1 Å². The smallest absolute Gasteiger partial charge is 0.280 e. The highest BCUT2D eigenvalue weighted by Crippen LogP contribution is 2.22. The maximum atomic E-state index is 13.3. The molecule has 3 rings (SSSR count). The van der Waals surface area contributed by atoms with Crippen molar-refractivity contribution < 1.29 is 27.0 Å². The largest absolute Gasteiger partial charge is 0.360 e. The Morgan fingerprint density at radius 1 is 1.37 bits per heavy atom. The van der Waals surface area contributed by atoms with Gasteiger partial charge < -0.3 is 14.7 Å². The lowest BCUT2D eigenvalue weighted by molar-refractivity contribution is -0.895. The van der Waals surface area contributed by atoms with Crippen molar-refractivity contribution in [1.29, 1.82) is 0 Å². The SMILES string of the molecule is Cc1cc(NC(=O)C[NH+]2CCN(S(=O)(=O)c3ccc(F)c(Cl)c3)CC2)no1. The van der Waals surface area contributed by atoms with Crippen LogP contribution in [0.4, 0.5) is 10.2 Å². The van der Waals surface area contributed by atoms with Crippen molar-refractivity contribution in [3.8, 4) is 0 Å². The first-order chi connectivity index (χ1) is 12.8. The molecule has 0 saturated carbocycles. The van der Waals surface area contributed by atoms with Crippen LogP contribution in [0.2, 0.25) is 5.02 Å². The van der Waals surface area contributed by atoms with Crippen LogP contribution in [-0.2, 0) is 14.8 Å². The van der Waals surface area contributed by atoms with Crippen molar-refractivity contribution in [2.75, 3.05) is 38.0 Å². The number of sulfonamides is 1. The van der Waals surface area contributed by atoms with Gasteiger partial charge in [-0.2, -0.15) is 4.31 Å². The molecule has 2 aromatic rings. The molecule has 8 nitrogen and oxygen atoms in total. The molecule has 27 heavy (non-hydrogen) atoms. The Bertz CT molecular complexity index is 942. The van der Waals surface area contributed by atoms with Gasteiger partial charge in [-0.15, -0.1) is 0 Å². The molecule has 1 aromatic heterocycles. The highest BCUT2D eigenvalue weighted by atomic mass is 35.5. The number of benzene rings is 1. The number of hydrogen-bond donors (Lipinski definition) is 2. The molecule has 2 N–H and O–H groups in total. The summed E-state index contributed by atoms with van der Waals surface area (Å²) in [7, 11) is -3.75. The van der Waals surface area contributed by atoms with E-state index in [2.05, 4.69) is 10.5 Å². The number of rotatable bonds is 5. The Hall–Kier alpha value is -2.01. The molecule has 0 unspecified atom stereocenters. The lowest BCUT2D eigenvalue weighted by atomic mass is 10.3. The van der Waals surface area contributed by atoms with Crippen molar-refractivity contribution in [1.82, 2.24) is 9.46 Å². The standard InChI is InChI=1S/C16H18ClFN4O4S/c1-11-8-15(20-26-11)19-16(23)10-21-4-6-22(7-5-21)27(24,25)12-2-3-14(18)13(17)9-12/h2-3,8-9H,4-7,10H2,1H3,(H,19,20,23)/p+1. The lowest BCUT2D eigenvalue weighted by Gasteiger charge is -2.31. The van der Waals surface area contributed by atoms with Gasteiger partial charge in [-0.05, 0) is 25.1 Å². The average Bonchev–Trinajstić information content (AvgIpc) is 3.02. The van der Waals surface area contributed by atoms with Crippen LogP contribution < -0.4 is 10.2 Å². The molecule has 1 aromatic carbocycles. The molecule has 146 valence electrons. The molecule has 1 aliphatic rings. The monoisotopic (exact) mass is 417 g/mol. The maximum Gasteiger partial charge on any atom is 0.280 e. The van der Waals surface area contributed by atoms with E-state index in [-0.39, 0.29) is 35.5 Å². The van der Waals surface area contributed by atoms with Crippen LogP contribution in [0.1, 0.15) is 5.76 Å². The summed E-state index contributed by atoms with van der Waals surface area (Å²) in [5.41, 5.74) is 0. The number of nitrogens with one attached hydrogen (secondary N) is 2. The Balaban J connectivity index is 1.56. The first-order valence-electron chi connectivity index (χ1n) is 8.27. The fourth-order valence-corrected chi connectivity index (χ4v) is 4.56. The number of nitrogens with zero attached hydrogens (tertiary/aromatic N) is 2. The van der Waals surface area contributed by atoms with Gasteiger partial charge >= 0.3 is 0 Å². The van der Waals surface area contributed by atoms with Gasteiger partial charge in [0.1, 0.15) is 11.6 Å². The van der Waals surface area contributed by atoms with Gasteiger partial charge in [0.25, 0.3) is 5.91 Å². The second-order valence-corrected chi connectivity index (χ2v) is 8.62. The summed E-state index contributed by atoms with van der Waals surface area (Å²) in [6.07, 6.45) is 0. The van der Waals surface area contributed by atoms with Gasteiger partial charge in [0.15, 0.2) is 12.4 Å². The topological polar surface area (TPSA) is 97.0 Å². The van der Waals surface area contributed by atoms with Crippen molar-refractivity contribution in [3.63, 3.8) is 0 Å². The van der Waals surface area contributed by atoms with Gasteiger partial charge in [-0.1, -0.05) is 16.8 Å². The number of carbonyl (C=O) groups is 1. The second kappa shape index (κ2) is 7.93. The van der Waals surface area contributed by atoms with Crippen molar-refractivity contribution in [2.45, 2.75) is 11.8 Å². The van der Waals surface area contributed by atoms with Crippen molar-refractivity contribution >= 4 is 33.3 Å². The molecule has 0 spiro atoms. The van der Waals surface area contributed by atoms with E-state index in [9.17, 15) is 17.6 Å². The summed E-state index contributed by atoms with van der Waals surface area (Å²) in [5.74, 6) is 0.0572. The third-order valence-electron chi connectivity index (χ3n) is 4.26. The van der Waals surface area contributed by atoms with E-state index in [0.29, 0.717) is 24.7 Å². The normalized spacial score (nSPS) is 16.4. The first kappa shape index (κ1) is 19.7. The molecule has 1 amide bonds. The summed E-state index contributed by atoms with van der Waals surface area (Å²) in [5, 5.41) is 6.10. The Kier molecular flexibility index (Phi) is 5.80. The fourth-order valence-electron chi connectivity index (χ4n) is 2.85. The summed E-state index contributed by atoms with van der Waals surface area (Å²) < 4.78 is 44.8. The molecule has 0 aliphatic carbocycles. The predicted molar refractivity (Wildman–Crippen MR) is 95.6 cm³/mol. The second-order valence-electron chi connectivity index (χ2n) is 6.28. The molecule has 0 atom stereocenters. The molecular formula is C16H19ClFN4O4S+. The van der Waals surface area contributed by atoms with Crippen LogP contribution >= 0.6 is 11.6 Å². The third kappa shape index (κ3) is 4.64. The third-order valence-corrected chi connectivity index (χ3v) is 6.45. The Morgan fingerprint density at radius 3 is 2.67 bits per heavy atom. The van der Waals surface area contributed by atoms with E-state index in [1.807, 2.05) is 0 Å². The number of hydrogen-bond acceptors (Lipinski definition) is 5. The average molecular weight is 418 g/mol. The maximum absolute atomic E-state index is 13.3. The number of anilines is 1.